The molecule has 0 fully saturated rings. The summed E-state index contributed by atoms with van der Waals surface area (Å²) in [5.74, 6) is -0.340. The Morgan fingerprint density at radius 2 is 1.95 bits per heavy atom. The average Bonchev–Trinajstić information content (AvgIpc) is 2.37. The van der Waals surface area contributed by atoms with Crippen LogP contribution in [0.4, 0.5) is 0 Å². The predicted octanol–water partition coefficient (Wildman–Crippen LogP) is 1.46. The topological polar surface area (TPSA) is 120 Å². The van der Waals surface area contributed by atoms with E-state index >= 15 is 0 Å². The summed E-state index contributed by atoms with van der Waals surface area (Å²) in [4.78, 5) is 12.2. The number of rotatable bonds is 3. The van der Waals surface area contributed by atoms with Crippen LogP contribution in [0.15, 0.2) is 36.4 Å². The summed E-state index contributed by atoms with van der Waals surface area (Å²) in [6.45, 7) is 2.31. The van der Waals surface area contributed by atoms with Crippen LogP contribution in [-0.4, -0.2) is 23.9 Å². The Balaban J connectivity index is 0.00000200. The van der Waals surface area contributed by atoms with Crippen molar-refractivity contribution in [3.8, 4) is 5.75 Å². The number of amides is 1. The molecule has 0 radical (unpaired) electrons. The molecule has 7 heteroatoms. The highest BCUT2D eigenvalue weighted by atomic mass is 35.5. The molecule has 0 saturated heterocycles. The first-order valence-corrected chi connectivity index (χ1v) is 5.93. The number of hydrogen-bond acceptors (Lipinski definition) is 3. The van der Waals surface area contributed by atoms with E-state index in [1.807, 2.05) is 37.3 Å². The van der Waals surface area contributed by atoms with Crippen LogP contribution < -0.4 is 15.8 Å². The zero-order chi connectivity index (χ0) is 13.8. The van der Waals surface area contributed by atoms with Crippen LogP contribution >= 0.6 is 12.4 Å². The lowest BCUT2D eigenvalue weighted by atomic mass is 10.0. The molecule has 2 aromatic rings. The normalized spacial score (nSPS) is 9.19. The standard InChI is InChI=1S/C14H15N3O2.ClH.H2O/c1-2-19-11-8-7-9-5-3-4-6-10(9)12(11)13(18)17-14(15)16;;/h3-8H,2H2,1H3,(H4,15,16,17,18);1H;1H2. The Hall–Kier alpha value is -2.31. The van der Waals surface area contributed by atoms with Crippen molar-refractivity contribution in [3.63, 3.8) is 0 Å². The summed E-state index contributed by atoms with van der Waals surface area (Å²) in [5.41, 5.74) is 5.61. The molecule has 0 aliphatic rings. The van der Waals surface area contributed by atoms with Gasteiger partial charge in [0.1, 0.15) is 5.75 Å². The monoisotopic (exact) mass is 311 g/mol. The highest BCUT2D eigenvalue weighted by Crippen LogP contribution is 2.28. The molecule has 0 atom stereocenters. The van der Waals surface area contributed by atoms with E-state index in [9.17, 15) is 4.79 Å². The van der Waals surface area contributed by atoms with Crippen LogP contribution in [0.25, 0.3) is 10.8 Å². The van der Waals surface area contributed by atoms with Crippen LogP contribution in [-0.2, 0) is 0 Å². The van der Waals surface area contributed by atoms with Gasteiger partial charge in [-0.05, 0) is 23.8 Å². The van der Waals surface area contributed by atoms with Crippen LogP contribution in [0.1, 0.15) is 17.3 Å². The zero-order valence-electron chi connectivity index (χ0n) is 11.5. The van der Waals surface area contributed by atoms with E-state index in [0.717, 1.165) is 10.8 Å². The summed E-state index contributed by atoms with van der Waals surface area (Å²) < 4.78 is 5.48. The van der Waals surface area contributed by atoms with E-state index in [1.54, 1.807) is 6.07 Å². The number of nitrogens with two attached hydrogens (primary N) is 1. The van der Waals surface area contributed by atoms with Crippen molar-refractivity contribution in [3.05, 3.63) is 42.0 Å². The number of halogens is 1. The number of fused-ring (bicyclic) bond motifs is 1. The van der Waals surface area contributed by atoms with Gasteiger partial charge in [0.15, 0.2) is 5.96 Å². The number of hydrogen-bond donors (Lipinski definition) is 3. The summed E-state index contributed by atoms with van der Waals surface area (Å²) >= 11 is 0. The van der Waals surface area contributed by atoms with Crippen LogP contribution in [0.2, 0.25) is 0 Å². The van der Waals surface area contributed by atoms with Crippen LogP contribution in [0.5, 0.6) is 5.75 Å². The van der Waals surface area contributed by atoms with Gasteiger partial charge in [0.25, 0.3) is 5.91 Å². The molecular formula is C14H18ClN3O3. The van der Waals surface area contributed by atoms with Gasteiger partial charge in [-0.3, -0.25) is 15.5 Å². The number of nitrogens with one attached hydrogen (secondary N) is 2. The Morgan fingerprint density at radius 1 is 1.29 bits per heavy atom. The fraction of sp³-hybridized carbons (Fsp3) is 0.143. The zero-order valence-corrected chi connectivity index (χ0v) is 12.3. The molecule has 0 heterocycles. The molecule has 6 N–H and O–H groups in total. The second kappa shape index (κ2) is 8.08. The second-order valence-corrected chi connectivity index (χ2v) is 3.96. The van der Waals surface area contributed by atoms with Gasteiger partial charge >= 0.3 is 0 Å². The number of benzene rings is 2. The first-order valence-electron chi connectivity index (χ1n) is 5.93. The smallest absolute Gasteiger partial charge is 0.262 e. The summed E-state index contributed by atoms with van der Waals surface area (Å²) in [6, 6.07) is 11.1. The average molecular weight is 312 g/mol. The van der Waals surface area contributed by atoms with Gasteiger partial charge in [0, 0.05) is 0 Å². The third-order valence-corrected chi connectivity index (χ3v) is 2.67. The molecular weight excluding hydrogens is 294 g/mol. The molecule has 1 amide bonds. The molecule has 0 aliphatic heterocycles. The Labute approximate surface area is 128 Å². The fourth-order valence-corrected chi connectivity index (χ4v) is 1.95. The predicted molar refractivity (Wildman–Crippen MR) is 85.4 cm³/mol. The molecule has 0 unspecified atom stereocenters. The third-order valence-electron chi connectivity index (χ3n) is 2.67. The number of guanidine groups is 1. The number of carbonyl (C=O) groups is 1. The Morgan fingerprint density at radius 3 is 2.57 bits per heavy atom. The highest BCUT2D eigenvalue weighted by Gasteiger charge is 2.16. The lowest BCUT2D eigenvalue weighted by Crippen LogP contribution is -2.36. The summed E-state index contributed by atoms with van der Waals surface area (Å²) in [6.07, 6.45) is 0. The van der Waals surface area contributed by atoms with E-state index in [0.29, 0.717) is 17.9 Å². The largest absolute Gasteiger partial charge is 0.493 e. The minimum absolute atomic E-state index is 0. The minimum atomic E-state index is -0.437. The SMILES string of the molecule is CCOc1ccc2ccccc2c1C(=O)NC(=N)N.Cl.O. The van der Waals surface area contributed by atoms with Crippen molar-refractivity contribution in [1.82, 2.24) is 5.32 Å². The van der Waals surface area contributed by atoms with E-state index in [4.69, 9.17) is 15.9 Å². The molecule has 114 valence electrons. The van der Waals surface area contributed by atoms with Crippen molar-refractivity contribution in [2.75, 3.05) is 6.61 Å². The first-order chi connectivity index (χ1) is 9.13. The van der Waals surface area contributed by atoms with Gasteiger partial charge in [0.05, 0.1) is 12.2 Å². The van der Waals surface area contributed by atoms with E-state index in [2.05, 4.69) is 5.32 Å². The molecule has 6 nitrogen and oxygen atoms in total. The van der Waals surface area contributed by atoms with Crippen molar-refractivity contribution >= 4 is 35.0 Å². The maximum absolute atomic E-state index is 12.2. The molecule has 0 aliphatic carbocycles. The van der Waals surface area contributed by atoms with Crippen molar-refractivity contribution in [1.29, 1.82) is 5.41 Å². The van der Waals surface area contributed by atoms with Crippen LogP contribution in [0, 0.1) is 5.41 Å². The molecule has 21 heavy (non-hydrogen) atoms. The van der Waals surface area contributed by atoms with E-state index in [-0.39, 0.29) is 23.8 Å². The molecule has 2 rings (SSSR count). The quantitative estimate of drug-likeness (QED) is 0.587. The van der Waals surface area contributed by atoms with Gasteiger partial charge in [-0.15, -0.1) is 12.4 Å². The fourth-order valence-electron chi connectivity index (χ4n) is 1.95. The lowest BCUT2D eigenvalue weighted by Gasteiger charge is -2.12. The molecule has 0 spiro atoms. The van der Waals surface area contributed by atoms with Crippen molar-refractivity contribution < 1.29 is 15.0 Å². The number of carbonyl (C=O) groups excluding carboxylic acids is 1. The van der Waals surface area contributed by atoms with Gasteiger partial charge in [0.2, 0.25) is 0 Å². The summed E-state index contributed by atoms with van der Waals surface area (Å²) in [5, 5.41) is 11.2. The molecule has 0 saturated carbocycles. The number of ether oxygens (including phenoxy) is 1. The second-order valence-electron chi connectivity index (χ2n) is 3.96. The Kier molecular flexibility index (Phi) is 7.19. The van der Waals surface area contributed by atoms with Gasteiger partial charge in [-0.2, -0.15) is 0 Å². The van der Waals surface area contributed by atoms with Crippen LogP contribution in [0.3, 0.4) is 0 Å². The van der Waals surface area contributed by atoms with Gasteiger partial charge < -0.3 is 15.9 Å². The maximum Gasteiger partial charge on any atom is 0.262 e. The minimum Gasteiger partial charge on any atom is -0.493 e. The van der Waals surface area contributed by atoms with Crippen molar-refractivity contribution in [2.24, 2.45) is 5.73 Å². The Bertz CT molecular complexity index is 646. The lowest BCUT2D eigenvalue weighted by molar-refractivity contribution is 0.0974. The highest BCUT2D eigenvalue weighted by molar-refractivity contribution is 6.14. The molecule has 2 aromatic carbocycles. The summed E-state index contributed by atoms with van der Waals surface area (Å²) in [7, 11) is 0. The van der Waals surface area contributed by atoms with E-state index < -0.39 is 5.91 Å². The van der Waals surface area contributed by atoms with Gasteiger partial charge in [-0.1, -0.05) is 30.3 Å². The maximum atomic E-state index is 12.2. The van der Waals surface area contributed by atoms with Crippen molar-refractivity contribution in [2.45, 2.75) is 6.92 Å². The van der Waals surface area contributed by atoms with Gasteiger partial charge in [-0.25, -0.2) is 0 Å². The first kappa shape index (κ1) is 18.7. The van der Waals surface area contributed by atoms with E-state index in [1.165, 1.54) is 0 Å². The molecule has 0 aromatic heterocycles. The third kappa shape index (κ3) is 4.08. The molecule has 0 bridgehead atoms.